The van der Waals surface area contributed by atoms with Crippen LogP contribution in [-0.4, -0.2) is 44.1 Å². The fourth-order valence-corrected chi connectivity index (χ4v) is 3.46. The molecule has 0 spiro atoms. The summed E-state index contributed by atoms with van der Waals surface area (Å²) >= 11 is 1.14. The lowest BCUT2D eigenvalue weighted by molar-refractivity contribution is -0.137. The zero-order chi connectivity index (χ0) is 20.8. The quantitative estimate of drug-likeness (QED) is 0.535. The molecule has 7 nitrogen and oxygen atoms in total. The highest BCUT2D eigenvalue weighted by atomic mass is 32.2. The molecule has 29 heavy (non-hydrogen) atoms. The zero-order valence-electron chi connectivity index (χ0n) is 16.2. The Bertz CT molecular complexity index is 969. The van der Waals surface area contributed by atoms with Gasteiger partial charge >= 0.3 is 5.97 Å². The molecule has 0 atom stereocenters. The number of methoxy groups -OCH3 is 3. The Labute approximate surface area is 173 Å². The third-order valence-electron chi connectivity index (χ3n) is 4.11. The molecule has 0 N–H and O–H groups in total. The monoisotopic (exact) mass is 412 g/mol. The molecule has 1 aliphatic rings. The van der Waals surface area contributed by atoms with Crippen molar-refractivity contribution in [3.63, 3.8) is 0 Å². The first-order chi connectivity index (χ1) is 14.0. The summed E-state index contributed by atoms with van der Waals surface area (Å²) in [6.07, 6.45) is 1.70. The average Bonchev–Trinajstić information content (AvgIpc) is 3.07. The van der Waals surface area contributed by atoms with Gasteiger partial charge in [-0.2, -0.15) is 0 Å². The van der Waals surface area contributed by atoms with Crippen LogP contribution in [0.1, 0.15) is 5.56 Å². The number of hydrogen-bond acceptors (Lipinski definition) is 7. The SMILES string of the molecule is COC(=O)CSC1=N/C(=C\c2ccc(OC)cc2)C(=O)N1c1cccc(OC)c1. The predicted octanol–water partition coefficient (Wildman–Crippen LogP) is 3.35. The average molecular weight is 412 g/mol. The molecule has 0 saturated heterocycles. The molecule has 2 aromatic carbocycles. The van der Waals surface area contributed by atoms with E-state index in [9.17, 15) is 9.59 Å². The number of carbonyl (C=O) groups excluding carboxylic acids is 2. The standard InChI is InChI=1S/C21H20N2O5S/c1-26-16-9-7-14(8-10-16)11-18-20(25)23(15-5-4-6-17(12-15)27-2)21(22-18)29-13-19(24)28-3/h4-12H,13H2,1-3H3/b18-11-. The lowest BCUT2D eigenvalue weighted by Gasteiger charge is -2.18. The van der Waals surface area contributed by atoms with Crippen molar-refractivity contribution < 1.29 is 23.8 Å². The summed E-state index contributed by atoms with van der Waals surface area (Å²) in [6, 6.07) is 14.4. The minimum absolute atomic E-state index is 0.0406. The van der Waals surface area contributed by atoms with Gasteiger partial charge in [0, 0.05) is 6.07 Å². The summed E-state index contributed by atoms with van der Waals surface area (Å²) in [7, 11) is 4.47. The number of carbonyl (C=O) groups is 2. The number of anilines is 1. The van der Waals surface area contributed by atoms with Gasteiger partial charge in [-0.25, -0.2) is 4.99 Å². The normalized spacial score (nSPS) is 14.7. The highest BCUT2D eigenvalue weighted by molar-refractivity contribution is 8.14. The van der Waals surface area contributed by atoms with Gasteiger partial charge in [0.25, 0.3) is 5.91 Å². The minimum atomic E-state index is -0.400. The van der Waals surface area contributed by atoms with Crippen molar-refractivity contribution in [3.8, 4) is 11.5 Å². The fraction of sp³-hybridized carbons (Fsp3) is 0.190. The molecule has 8 heteroatoms. The smallest absolute Gasteiger partial charge is 0.316 e. The molecule has 0 saturated carbocycles. The Hall–Kier alpha value is -3.26. The summed E-state index contributed by atoms with van der Waals surface area (Å²) in [5.41, 5.74) is 1.68. The van der Waals surface area contributed by atoms with E-state index >= 15 is 0 Å². The third-order valence-corrected chi connectivity index (χ3v) is 5.02. The molecule has 0 bridgehead atoms. The van der Waals surface area contributed by atoms with Crippen molar-refractivity contribution in [1.82, 2.24) is 0 Å². The van der Waals surface area contributed by atoms with Gasteiger partial charge in [0.05, 0.1) is 32.8 Å². The Morgan fingerprint density at radius 3 is 2.45 bits per heavy atom. The van der Waals surface area contributed by atoms with E-state index in [-0.39, 0.29) is 17.4 Å². The molecular formula is C21H20N2O5S. The van der Waals surface area contributed by atoms with E-state index in [1.165, 1.54) is 12.0 Å². The van der Waals surface area contributed by atoms with Gasteiger partial charge in [0.1, 0.15) is 17.2 Å². The number of benzene rings is 2. The van der Waals surface area contributed by atoms with Gasteiger partial charge in [0.2, 0.25) is 0 Å². The number of amidine groups is 1. The third kappa shape index (κ3) is 4.78. The summed E-state index contributed by atoms with van der Waals surface area (Å²) < 4.78 is 15.1. The highest BCUT2D eigenvalue weighted by Gasteiger charge is 2.32. The molecule has 150 valence electrons. The molecule has 0 radical (unpaired) electrons. The van der Waals surface area contributed by atoms with Crippen molar-refractivity contribution in [2.45, 2.75) is 0 Å². The van der Waals surface area contributed by atoms with E-state index in [1.54, 1.807) is 44.6 Å². The maximum Gasteiger partial charge on any atom is 0.316 e. The second-order valence-electron chi connectivity index (χ2n) is 5.90. The van der Waals surface area contributed by atoms with Gasteiger partial charge in [-0.05, 0) is 35.9 Å². The van der Waals surface area contributed by atoms with E-state index in [0.29, 0.717) is 16.6 Å². The van der Waals surface area contributed by atoms with Gasteiger partial charge in [-0.3, -0.25) is 14.5 Å². The number of thioether (sulfide) groups is 1. The number of rotatable bonds is 6. The van der Waals surface area contributed by atoms with Crippen LogP contribution in [0.15, 0.2) is 59.2 Å². The molecule has 0 aliphatic carbocycles. The largest absolute Gasteiger partial charge is 0.497 e. The number of ether oxygens (including phenoxy) is 3. The van der Waals surface area contributed by atoms with E-state index in [2.05, 4.69) is 4.99 Å². The van der Waals surface area contributed by atoms with Crippen molar-refractivity contribution in [3.05, 3.63) is 59.8 Å². The molecule has 3 rings (SSSR count). The van der Waals surface area contributed by atoms with Crippen LogP contribution in [0.25, 0.3) is 6.08 Å². The first-order valence-corrected chi connectivity index (χ1v) is 9.67. The maximum absolute atomic E-state index is 13.1. The summed E-state index contributed by atoms with van der Waals surface area (Å²) in [6.45, 7) is 0. The van der Waals surface area contributed by atoms with Crippen LogP contribution in [0.2, 0.25) is 0 Å². The van der Waals surface area contributed by atoms with Crippen molar-refractivity contribution in [2.24, 2.45) is 4.99 Å². The van der Waals surface area contributed by atoms with Crippen molar-refractivity contribution in [1.29, 1.82) is 0 Å². The zero-order valence-corrected chi connectivity index (χ0v) is 17.1. The van der Waals surface area contributed by atoms with Gasteiger partial charge in [-0.15, -0.1) is 0 Å². The Kier molecular flexibility index (Phi) is 6.56. The van der Waals surface area contributed by atoms with Crippen molar-refractivity contribution in [2.75, 3.05) is 32.0 Å². The highest BCUT2D eigenvalue weighted by Crippen LogP contribution is 2.31. The lowest BCUT2D eigenvalue weighted by Crippen LogP contribution is -2.30. The van der Waals surface area contributed by atoms with Gasteiger partial charge in [-0.1, -0.05) is 30.0 Å². The van der Waals surface area contributed by atoms with E-state index in [1.807, 2.05) is 24.3 Å². The van der Waals surface area contributed by atoms with Crippen LogP contribution in [0.3, 0.4) is 0 Å². The fourth-order valence-electron chi connectivity index (χ4n) is 2.61. The topological polar surface area (TPSA) is 77.4 Å². The molecular weight excluding hydrogens is 392 g/mol. The second-order valence-corrected chi connectivity index (χ2v) is 6.85. The number of hydrogen-bond donors (Lipinski definition) is 0. The number of amides is 1. The van der Waals surface area contributed by atoms with Crippen LogP contribution in [0, 0.1) is 0 Å². The number of aliphatic imine (C=N–C) groups is 1. The van der Waals surface area contributed by atoms with E-state index < -0.39 is 5.97 Å². The molecule has 2 aromatic rings. The molecule has 0 fully saturated rings. The first kappa shape index (κ1) is 20.5. The van der Waals surface area contributed by atoms with Crippen LogP contribution in [0.4, 0.5) is 5.69 Å². The Morgan fingerprint density at radius 2 is 1.79 bits per heavy atom. The summed E-state index contributed by atoms with van der Waals surface area (Å²) in [5.74, 6) is 0.685. The molecule has 0 aromatic heterocycles. The molecule has 1 amide bonds. The minimum Gasteiger partial charge on any atom is -0.497 e. The Balaban J connectivity index is 1.95. The predicted molar refractivity (Wildman–Crippen MR) is 113 cm³/mol. The van der Waals surface area contributed by atoms with Gasteiger partial charge < -0.3 is 14.2 Å². The molecule has 0 unspecified atom stereocenters. The summed E-state index contributed by atoms with van der Waals surface area (Å²) in [5, 5.41) is 0.397. The second kappa shape index (κ2) is 9.29. The summed E-state index contributed by atoms with van der Waals surface area (Å²) in [4.78, 5) is 30.6. The van der Waals surface area contributed by atoms with E-state index in [0.717, 1.165) is 23.1 Å². The Morgan fingerprint density at radius 1 is 1.07 bits per heavy atom. The maximum atomic E-state index is 13.1. The molecule has 1 aliphatic heterocycles. The first-order valence-electron chi connectivity index (χ1n) is 8.68. The van der Waals surface area contributed by atoms with Crippen molar-refractivity contribution >= 4 is 40.6 Å². The van der Waals surface area contributed by atoms with Crippen LogP contribution >= 0.6 is 11.8 Å². The van der Waals surface area contributed by atoms with Crippen LogP contribution in [0.5, 0.6) is 11.5 Å². The lowest BCUT2D eigenvalue weighted by atomic mass is 10.2. The number of esters is 1. The van der Waals surface area contributed by atoms with Gasteiger partial charge in [0.15, 0.2) is 5.17 Å². The van der Waals surface area contributed by atoms with Crippen LogP contribution in [-0.2, 0) is 14.3 Å². The molecule has 1 heterocycles. The van der Waals surface area contributed by atoms with E-state index in [4.69, 9.17) is 14.2 Å². The number of nitrogens with zero attached hydrogens (tertiary/aromatic N) is 2. The van der Waals surface area contributed by atoms with Crippen LogP contribution < -0.4 is 14.4 Å².